The predicted octanol–water partition coefficient (Wildman–Crippen LogP) is 2.29. The molecule has 4 nitrogen and oxygen atoms in total. The summed E-state index contributed by atoms with van der Waals surface area (Å²) >= 11 is 0. The van der Waals surface area contributed by atoms with Gasteiger partial charge in [-0.25, -0.2) is 4.98 Å². The molecule has 0 bridgehead atoms. The lowest BCUT2D eigenvalue weighted by molar-refractivity contribution is 0.673. The third-order valence-corrected chi connectivity index (χ3v) is 3.03. The van der Waals surface area contributed by atoms with Crippen molar-refractivity contribution in [1.29, 1.82) is 0 Å². The summed E-state index contributed by atoms with van der Waals surface area (Å²) in [6.45, 7) is 1.74. The maximum absolute atomic E-state index is 4.55. The number of imidazole rings is 1. The summed E-state index contributed by atoms with van der Waals surface area (Å²) in [6.07, 6.45) is 4.57. The van der Waals surface area contributed by atoms with Crippen LogP contribution in [0.1, 0.15) is 11.4 Å². The molecule has 0 saturated heterocycles. The van der Waals surface area contributed by atoms with Crippen LogP contribution in [0, 0.1) is 0 Å². The van der Waals surface area contributed by atoms with Crippen molar-refractivity contribution in [3.63, 3.8) is 0 Å². The molecule has 3 aromatic rings. The number of aromatic amines is 1. The predicted molar refractivity (Wildman–Crippen MR) is 75.7 cm³/mol. The molecule has 0 aliphatic heterocycles. The molecule has 0 aliphatic carbocycles. The molecule has 2 heterocycles. The molecule has 0 aliphatic rings. The molecule has 96 valence electrons. The quantitative estimate of drug-likeness (QED) is 0.685. The van der Waals surface area contributed by atoms with E-state index in [4.69, 9.17) is 0 Å². The van der Waals surface area contributed by atoms with E-state index >= 15 is 0 Å². The monoisotopic (exact) mass is 252 g/mol. The maximum atomic E-state index is 4.55. The van der Waals surface area contributed by atoms with Crippen molar-refractivity contribution in [2.45, 2.75) is 13.0 Å². The SMILES string of the molecule is c1cncc(CNCCc2nc3ccccc3[nH]2)c1. The van der Waals surface area contributed by atoms with Gasteiger partial charge in [0, 0.05) is 31.9 Å². The van der Waals surface area contributed by atoms with Crippen molar-refractivity contribution in [1.82, 2.24) is 20.3 Å². The van der Waals surface area contributed by atoms with E-state index in [2.05, 4.69) is 32.4 Å². The first-order valence-electron chi connectivity index (χ1n) is 6.45. The minimum absolute atomic E-state index is 0.841. The van der Waals surface area contributed by atoms with E-state index in [-0.39, 0.29) is 0 Å². The van der Waals surface area contributed by atoms with Gasteiger partial charge in [-0.05, 0) is 23.8 Å². The molecule has 0 spiro atoms. The van der Waals surface area contributed by atoms with Crippen LogP contribution in [0.15, 0.2) is 48.8 Å². The Balaban J connectivity index is 1.52. The van der Waals surface area contributed by atoms with Crippen molar-refractivity contribution in [3.05, 3.63) is 60.2 Å². The number of hydrogen-bond donors (Lipinski definition) is 2. The number of pyridine rings is 1. The molecule has 4 heteroatoms. The molecule has 3 rings (SSSR count). The van der Waals surface area contributed by atoms with Gasteiger partial charge >= 0.3 is 0 Å². The smallest absolute Gasteiger partial charge is 0.108 e. The van der Waals surface area contributed by atoms with E-state index in [9.17, 15) is 0 Å². The number of nitrogens with one attached hydrogen (secondary N) is 2. The van der Waals surface area contributed by atoms with Gasteiger partial charge in [-0.15, -0.1) is 0 Å². The van der Waals surface area contributed by atoms with E-state index in [1.807, 2.05) is 30.5 Å². The van der Waals surface area contributed by atoms with E-state index in [1.165, 1.54) is 5.56 Å². The molecule has 0 fully saturated rings. The van der Waals surface area contributed by atoms with Crippen molar-refractivity contribution in [2.24, 2.45) is 0 Å². The molecule has 0 unspecified atom stereocenters. The molecule has 19 heavy (non-hydrogen) atoms. The third kappa shape index (κ3) is 2.98. The highest BCUT2D eigenvalue weighted by Gasteiger charge is 2.01. The fraction of sp³-hybridized carbons (Fsp3) is 0.200. The average molecular weight is 252 g/mol. The van der Waals surface area contributed by atoms with Crippen molar-refractivity contribution in [2.75, 3.05) is 6.54 Å². The fourth-order valence-electron chi connectivity index (χ4n) is 2.07. The second-order valence-electron chi connectivity index (χ2n) is 4.49. The number of rotatable bonds is 5. The largest absolute Gasteiger partial charge is 0.342 e. The van der Waals surface area contributed by atoms with Gasteiger partial charge in [0.1, 0.15) is 5.82 Å². The summed E-state index contributed by atoms with van der Waals surface area (Å²) in [5, 5.41) is 3.39. The lowest BCUT2D eigenvalue weighted by Gasteiger charge is -2.02. The highest BCUT2D eigenvalue weighted by molar-refractivity contribution is 5.74. The minimum atomic E-state index is 0.841. The first-order valence-corrected chi connectivity index (χ1v) is 6.45. The molecule has 2 aromatic heterocycles. The summed E-state index contributed by atoms with van der Waals surface area (Å²) in [7, 11) is 0. The van der Waals surface area contributed by atoms with Gasteiger partial charge in [0.05, 0.1) is 11.0 Å². The number of aromatic nitrogens is 3. The second-order valence-corrected chi connectivity index (χ2v) is 4.49. The Labute approximate surface area is 111 Å². The first kappa shape index (κ1) is 11.9. The van der Waals surface area contributed by atoms with Gasteiger partial charge in [-0.1, -0.05) is 18.2 Å². The van der Waals surface area contributed by atoms with Crippen LogP contribution < -0.4 is 5.32 Å². The zero-order chi connectivity index (χ0) is 12.9. The van der Waals surface area contributed by atoms with Gasteiger partial charge < -0.3 is 10.3 Å². The summed E-state index contributed by atoms with van der Waals surface area (Å²) in [5.74, 6) is 1.03. The zero-order valence-electron chi connectivity index (χ0n) is 10.6. The Hall–Kier alpha value is -2.20. The van der Waals surface area contributed by atoms with Crippen LogP contribution in [0.2, 0.25) is 0 Å². The Morgan fingerprint density at radius 3 is 2.89 bits per heavy atom. The van der Waals surface area contributed by atoms with Gasteiger partial charge in [-0.3, -0.25) is 4.98 Å². The van der Waals surface area contributed by atoms with E-state index < -0.39 is 0 Å². The van der Waals surface area contributed by atoms with E-state index in [0.29, 0.717) is 0 Å². The van der Waals surface area contributed by atoms with Crippen LogP contribution >= 0.6 is 0 Å². The molecular formula is C15H16N4. The van der Waals surface area contributed by atoms with Crippen molar-refractivity contribution in [3.8, 4) is 0 Å². The highest BCUT2D eigenvalue weighted by Crippen LogP contribution is 2.10. The number of H-pyrrole nitrogens is 1. The Kier molecular flexibility index (Phi) is 3.51. The normalized spacial score (nSPS) is 10.9. The molecule has 1 aromatic carbocycles. The Morgan fingerprint density at radius 1 is 1.11 bits per heavy atom. The van der Waals surface area contributed by atoms with Crippen LogP contribution in [0.4, 0.5) is 0 Å². The topological polar surface area (TPSA) is 53.6 Å². The number of nitrogens with zero attached hydrogens (tertiary/aromatic N) is 2. The van der Waals surface area contributed by atoms with Crippen LogP contribution in [-0.2, 0) is 13.0 Å². The maximum Gasteiger partial charge on any atom is 0.108 e. The number of benzene rings is 1. The van der Waals surface area contributed by atoms with Gasteiger partial charge in [0.25, 0.3) is 0 Å². The second kappa shape index (κ2) is 5.63. The van der Waals surface area contributed by atoms with Gasteiger partial charge in [0.15, 0.2) is 0 Å². The molecule has 2 N–H and O–H groups in total. The summed E-state index contributed by atoms with van der Waals surface area (Å²) in [5.41, 5.74) is 3.33. The van der Waals surface area contributed by atoms with Crippen molar-refractivity contribution >= 4 is 11.0 Å². The minimum Gasteiger partial charge on any atom is -0.342 e. The van der Waals surface area contributed by atoms with Crippen LogP contribution in [0.5, 0.6) is 0 Å². The number of para-hydroxylation sites is 2. The lowest BCUT2D eigenvalue weighted by atomic mass is 10.3. The summed E-state index contributed by atoms with van der Waals surface area (Å²) in [6, 6.07) is 12.1. The Bertz CT molecular complexity index is 612. The average Bonchev–Trinajstić information content (AvgIpc) is 2.87. The van der Waals surface area contributed by atoms with Gasteiger partial charge in [-0.2, -0.15) is 0 Å². The zero-order valence-corrected chi connectivity index (χ0v) is 10.6. The number of fused-ring (bicyclic) bond motifs is 1. The van der Waals surface area contributed by atoms with Crippen LogP contribution in [0.3, 0.4) is 0 Å². The summed E-state index contributed by atoms with van der Waals surface area (Å²) < 4.78 is 0. The molecule has 0 saturated carbocycles. The summed E-state index contributed by atoms with van der Waals surface area (Å²) in [4.78, 5) is 12.0. The third-order valence-electron chi connectivity index (χ3n) is 3.03. The molecule has 0 amide bonds. The van der Waals surface area contributed by atoms with E-state index in [0.717, 1.165) is 36.4 Å². The standard InChI is InChI=1S/C15H16N4/c1-2-6-14-13(5-1)18-15(19-14)7-9-17-11-12-4-3-8-16-10-12/h1-6,8,10,17H,7,9,11H2,(H,18,19). The number of hydrogen-bond acceptors (Lipinski definition) is 3. The van der Waals surface area contributed by atoms with E-state index in [1.54, 1.807) is 6.20 Å². The first-order chi connectivity index (χ1) is 9.42. The van der Waals surface area contributed by atoms with Crippen LogP contribution in [0.25, 0.3) is 11.0 Å². The van der Waals surface area contributed by atoms with Gasteiger partial charge in [0.2, 0.25) is 0 Å². The van der Waals surface area contributed by atoms with Crippen molar-refractivity contribution < 1.29 is 0 Å². The highest BCUT2D eigenvalue weighted by atomic mass is 14.9. The Morgan fingerprint density at radius 2 is 2.05 bits per heavy atom. The lowest BCUT2D eigenvalue weighted by Crippen LogP contribution is -2.17. The molecule has 0 radical (unpaired) electrons. The molecular weight excluding hydrogens is 236 g/mol. The molecule has 0 atom stereocenters. The fourth-order valence-corrected chi connectivity index (χ4v) is 2.07. The van der Waals surface area contributed by atoms with Crippen LogP contribution in [-0.4, -0.2) is 21.5 Å².